The number of hydrogen-bond donors (Lipinski definition) is 1. The lowest BCUT2D eigenvalue weighted by atomic mass is 9.85. The van der Waals surface area contributed by atoms with Crippen LogP contribution in [0.4, 0.5) is 0 Å². The van der Waals surface area contributed by atoms with E-state index in [1.165, 1.54) is 31.2 Å². The van der Waals surface area contributed by atoms with Crippen LogP contribution in [0.5, 0.6) is 0 Å². The lowest BCUT2D eigenvalue weighted by Crippen LogP contribution is -2.30. The Kier molecular flexibility index (Phi) is 3.47. The SMILES string of the molecule is c1ccc(Cc2noc(C3CC4CCCCC4N3)n2)cc1. The van der Waals surface area contributed by atoms with Crippen molar-refractivity contribution in [2.24, 2.45) is 5.92 Å². The maximum absolute atomic E-state index is 5.50. The molecule has 2 aliphatic rings. The molecule has 0 spiro atoms. The van der Waals surface area contributed by atoms with Gasteiger partial charge in [-0.1, -0.05) is 48.3 Å². The highest BCUT2D eigenvalue weighted by Gasteiger charge is 2.38. The largest absolute Gasteiger partial charge is 0.338 e. The summed E-state index contributed by atoms with van der Waals surface area (Å²) >= 11 is 0. The standard InChI is InChI=1S/C17H21N3O/c1-2-6-12(7-3-1)10-16-19-17(21-20-16)15-11-13-8-4-5-9-14(13)18-15/h1-3,6-7,13-15,18H,4-5,8-11H2. The summed E-state index contributed by atoms with van der Waals surface area (Å²) in [4.78, 5) is 4.61. The Hall–Kier alpha value is -1.68. The number of fused-ring (bicyclic) bond motifs is 1. The highest BCUT2D eigenvalue weighted by atomic mass is 16.5. The second-order valence-corrected chi connectivity index (χ2v) is 6.32. The zero-order chi connectivity index (χ0) is 14.1. The van der Waals surface area contributed by atoms with Crippen molar-refractivity contribution < 1.29 is 4.52 Å². The summed E-state index contributed by atoms with van der Waals surface area (Å²) < 4.78 is 5.50. The fourth-order valence-electron chi connectivity index (χ4n) is 3.77. The predicted molar refractivity (Wildman–Crippen MR) is 79.8 cm³/mol. The zero-order valence-electron chi connectivity index (χ0n) is 12.2. The zero-order valence-corrected chi connectivity index (χ0v) is 12.2. The van der Waals surface area contributed by atoms with E-state index in [4.69, 9.17) is 4.52 Å². The van der Waals surface area contributed by atoms with Crippen molar-refractivity contribution in [1.29, 1.82) is 0 Å². The van der Waals surface area contributed by atoms with Gasteiger partial charge in [0.2, 0.25) is 5.89 Å². The smallest absolute Gasteiger partial charge is 0.243 e. The molecule has 0 amide bonds. The molecule has 4 rings (SSSR count). The number of aromatic nitrogens is 2. The van der Waals surface area contributed by atoms with Gasteiger partial charge < -0.3 is 9.84 Å². The number of nitrogens with zero attached hydrogens (tertiary/aromatic N) is 2. The fraction of sp³-hybridized carbons (Fsp3) is 0.529. The number of nitrogens with one attached hydrogen (secondary N) is 1. The van der Waals surface area contributed by atoms with Crippen molar-refractivity contribution >= 4 is 0 Å². The van der Waals surface area contributed by atoms with E-state index in [1.807, 2.05) is 18.2 Å². The van der Waals surface area contributed by atoms with Crippen molar-refractivity contribution in [1.82, 2.24) is 15.5 Å². The summed E-state index contributed by atoms with van der Waals surface area (Å²) in [6.45, 7) is 0. The van der Waals surface area contributed by atoms with Gasteiger partial charge >= 0.3 is 0 Å². The van der Waals surface area contributed by atoms with Crippen LogP contribution in [0.1, 0.15) is 55.4 Å². The first-order valence-corrected chi connectivity index (χ1v) is 8.01. The van der Waals surface area contributed by atoms with Gasteiger partial charge in [0.25, 0.3) is 0 Å². The molecule has 0 radical (unpaired) electrons. The maximum atomic E-state index is 5.50. The quantitative estimate of drug-likeness (QED) is 0.939. The third-order valence-corrected chi connectivity index (χ3v) is 4.85. The molecular weight excluding hydrogens is 262 g/mol. The average Bonchev–Trinajstić information content (AvgIpc) is 3.14. The maximum Gasteiger partial charge on any atom is 0.243 e. The lowest BCUT2D eigenvalue weighted by Gasteiger charge is -2.24. The van der Waals surface area contributed by atoms with E-state index < -0.39 is 0 Å². The minimum absolute atomic E-state index is 0.259. The van der Waals surface area contributed by atoms with E-state index in [9.17, 15) is 0 Å². The van der Waals surface area contributed by atoms with Gasteiger partial charge in [-0.05, 0) is 30.7 Å². The van der Waals surface area contributed by atoms with Gasteiger partial charge in [0, 0.05) is 12.5 Å². The Morgan fingerprint density at radius 2 is 2.00 bits per heavy atom. The van der Waals surface area contributed by atoms with Crippen LogP contribution in [0.3, 0.4) is 0 Å². The van der Waals surface area contributed by atoms with Crippen LogP contribution in [0.2, 0.25) is 0 Å². The predicted octanol–water partition coefficient (Wildman–Crippen LogP) is 3.25. The third-order valence-electron chi connectivity index (χ3n) is 4.85. The van der Waals surface area contributed by atoms with E-state index in [2.05, 4.69) is 27.6 Å². The molecule has 2 aromatic rings. The van der Waals surface area contributed by atoms with Crippen LogP contribution in [-0.2, 0) is 6.42 Å². The highest BCUT2D eigenvalue weighted by molar-refractivity contribution is 5.18. The molecule has 2 heterocycles. The van der Waals surface area contributed by atoms with Gasteiger partial charge in [-0.25, -0.2) is 0 Å². The summed E-state index contributed by atoms with van der Waals surface area (Å²) in [6, 6.07) is 11.2. The molecule has 1 saturated carbocycles. The Bertz CT molecular complexity index is 581. The fourth-order valence-corrected chi connectivity index (χ4v) is 3.77. The summed E-state index contributed by atoms with van der Waals surface area (Å²) in [7, 11) is 0. The Morgan fingerprint density at radius 3 is 2.86 bits per heavy atom. The van der Waals surface area contributed by atoms with Gasteiger partial charge in [0.05, 0.1) is 6.04 Å². The first kappa shape index (κ1) is 13.0. The van der Waals surface area contributed by atoms with Crippen LogP contribution in [0.15, 0.2) is 34.9 Å². The van der Waals surface area contributed by atoms with Gasteiger partial charge in [-0.2, -0.15) is 4.98 Å². The molecule has 2 fully saturated rings. The summed E-state index contributed by atoms with van der Waals surface area (Å²) in [5.41, 5.74) is 1.22. The van der Waals surface area contributed by atoms with Crippen molar-refractivity contribution in [3.8, 4) is 0 Å². The monoisotopic (exact) mass is 283 g/mol. The first-order chi connectivity index (χ1) is 10.4. The van der Waals surface area contributed by atoms with Gasteiger partial charge in [0.1, 0.15) is 0 Å². The van der Waals surface area contributed by atoms with Crippen molar-refractivity contribution in [2.45, 2.75) is 50.6 Å². The summed E-state index contributed by atoms with van der Waals surface area (Å²) in [5.74, 6) is 2.36. The van der Waals surface area contributed by atoms with E-state index >= 15 is 0 Å². The summed E-state index contributed by atoms with van der Waals surface area (Å²) in [5, 5.41) is 7.84. The van der Waals surface area contributed by atoms with Crippen molar-refractivity contribution in [3.63, 3.8) is 0 Å². The minimum Gasteiger partial charge on any atom is -0.338 e. The van der Waals surface area contributed by atoms with E-state index in [1.54, 1.807) is 0 Å². The molecule has 1 N–H and O–H groups in total. The van der Waals surface area contributed by atoms with Crippen LogP contribution < -0.4 is 5.32 Å². The van der Waals surface area contributed by atoms with E-state index in [0.717, 1.165) is 30.5 Å². The number of benzene rings is 1. The first-order valence-electron chi connectivity index (χ1n) is 8.01. The molecule has 1 aromatic heterocycles. The Labute approximate surface area is 124 Å². The van der Waals surface area contributed by atoms with Crippen LogP contribution in [0, 0.1) is 5.92 Å². The molecule has 4 nitrogen and oxygen atoms in total. The average molecular weight is 283 g/mol. The Balaban J connectivity index is 1.45. The van der Waals surface area contributed by atoms with Crippen molar-refractivity contribution in [3.05, 3.63) is 47.6 Å². The van der Waals surface area contributed by atoms with E-state index in [-0.39, 0.29) is 6.04 Å². The topological polar surface area (TPSA) is 51.0 Å². The molecule has 110 valence electrons. The molecule has 1 aliphatic heterocycles. The third kappa shape index (κ3) is 2.72. The molecule has 21 heavy (non-hydrogen) atoms. The number of hydrogen-bond acceptors (Lipinski definition) is 4. The van der Waals surface area contributed by atoms with Crippen LogP contribution >= 0.6 is 0 Å². The van der Waals surface area contributed by atoms with Crippen LogP contribution in [0.25, 0.3) is 0 Å². The Morgan fingerprint density at radius 1 is 1.14 bits per heavy atom. The van der Waals surface area contributed by atoms with Crippen LogP contribution in [-0.4, -0.2) is 16.2 Å². The highest BCUT2D eigenvalue weighted by Crippen LogP contribution is 2.38. The normalized spacial score (nSPS) is 28.5. The molecule has 3 atom stereocenters. The van der Waals surface area contributed by atoms with Crippen molar-refractivity contribution in [2.75, 3.05) is 0 Å². The second-order valence-electron chi connectivity index (χ2n) is 6.32. The second kappa shape index (κ2) is 5.60. The minimum atomic E-state index is 0.259. The lowest BCUT2D eigenvalue weighted by molar-refractivity contribution is 0.324. The molecule has 1 aromatic carbocycles. The molecule has 1 aliphatic carbocycles. The molecule has 3 unspecified atom stereocenters. The van der Waals surface area contributed by atoms with Gasteiger partial charge in [0.15, 0.2) is 5.82 Å². The number of rotatable bonds is 3. The molecule has 1 saturated heterocycles. The van der Waals surface area contributed by atoms with Gasteiger partial charge in [-0.3, -0.25) is 0 Å². The van der Waals surface area contributed by atoms with E-state index in [0.29, 0.717) is 6.04 Å². The molecular formula is C17H21N3O. The summed E-state index contributed by atoms with van der Waals surface area (Å²) in [6.07, 6.45) is 7.26. The molecule has 0 bridgehead atoms. The molecule has 4 heteroatoms. The van der Waals surface area contributed by atoms with Gasteiger partial charge in [-0.15, -0.1) is 0 Å².